The molecular formula is C19H19N3O2. The van der Waals surface area contributed by atoms with Crippen molar-refractivity contribution in [2.24, 2.45) is 5.92 Å². The maximum Gasteiger partial charge on any atom is 0.258 e. The number of hydrogen-bond donors (Lipinski definition) is 1. The van der Waals surface area contributed by atoms with Crippen LogP contribution in [0.5, 0.6) is 5.75 Å². The van der Waals surface area contributed by atoms with Crippen molar-refractivity contribution in [3.05, 3.63) is 53.9 Å². The first kappa shape index (κ1) is 14.8. The third-order valence-corrected chi connectivity index (χ3v) is 4.55. The highest BCUT2D eigenvalue weighted by molar-refractivity contribution is 6.08. The number of ether oxygens (including phenoxy) is 1. The van der Waals surface area contributed by atoms with Gasteiger partial charge in [-0.2, -0.15) is 0 Å². The summed E-state index contributed by atoms with van der Waals surface area (Å²) in [5.74, 6) is 1.25. The largest absolute Gasteiger partial charge is 0.497 e. The van der Waals surface area contributed by atoms with Gasteiger partial charge in [-0.05, 0) is 54.3 Å². The summed E-state index contributed by atoms with van der Waals surface area (Å²) in [6, 6.07) is 11.5. The molecule has 5 nitrogen and oxygen atoms in total. The summed E-state index contributed by atoms with van der Waals surface area (Å²) >= 11 is 0. The lowest BCUT2D eigenvalue weighted by atomic mass is 9.93. The van der Waals surface area contributed by atoms with Gasteiger partial charge in [0.05, 0.1) is 24.5 Å². The van der Waals surface area contributed by atoms with Crippen molar-refractivity contribution in [2.75, 3.05) is 18.6 Å². The van der Waals surface area contributed by atoms with Crippen LogP contribution in [0, 0.1) is 5.92 Å². The van der Waals surface area contributed by atoms with E-state index in [4.69, 9.17) is 4.74 Å². The number of rotatable bonds is 2. The fourth-order valence-corrected chi connectivity index (χ4v) is 3.38. The van der Waals surface area contributed by atoms with Crippen molar-refractivity contribution >= 4 is 22.6 Å². The topological polar surface area (TPSA) is 58.2 Å². The van der Waals surface area contributed by atoms with Crippen LogP contribution < -0.4 is 9.64 Å². The summed E-state index contributed by atoms with van der Waals surface area (Å²) in [6.45, 7) is 2.89. The SMILES string of the molecule is COc1ccc2c(c1)CC(C)CN2C(=O)c1ccc2nc[nH]c2c1. The first-order valence-electron chi connectivity index (χ1n) is 8.07. The van der Waals surface area contributed by atoms with E-state index in [9.17, 15) is 4.79 Å². The number of nitrogens with one attached hydrogen (secondary N) is 1. The number of carbonyl (C=O) groups excluding carboxylic acids is 1. The van der Waals surface area contributed by atoms with Crippen molar-refractivity contribution in [1.82, 2.24) is 9.97 Å². The Labute approximate surface area is 140 Å². The zero-order chi connectivity index (χ0) is 16.7. The van der Waals surface area contributed by atoms with Crippen molar-refractivity contribution in [2.45, 2.75) is 13.3 Å². The first-order chi connectivity index (χ1) is 11.7. The second-order valence-electron chi connectivity index (χ2n) is 6.35. The molecule has 1 atom stereocenters. The fourth-order valence-electron chi connectivity index (χ4n) is 3.38. The molecule has 0 saturated carbocycles. The number of benzene rings is 2. The Kier molecular flexibility index (Phi) is 3.49. The fraction of sp³-hybridized carbons (Fsp3) is 0.263. The van der Waals surface area contributed by atoms with Gasteiger partial charge in [0.15, 0.2) is 0 Å². The zero-order valence-electron chi connectivity index (χ0n) is 13.7. The molecule has 2 aromatic carbocycles. The van der Waals surface area contributed by atoms with Crippen LogP contribution in [0.1, 0.15) is 22.8 Å². The molecule has 0 radical (unpaired) electrons. The van der Waals surface area contributed by atoms with Crippen LogP contribution in [0.25, 0.3) is 11.0 Å². The molecule has 0 spiro atoms. The maximum atomic E-state index is 13.1. The highest BCUT2D eigenvalue weighted by atomic mass is 16.5. The summed E-state index contributed by atoms with van der Waals surface area (Å²) < 4.78 is 5.32. The molecule has 0 saturated heterocycles. The van der Waals surface area contributed by atoms with E-state index in [0.29, 0.717) is 11.5 Å². The Bertz CT molecular complexity index is 916. The van der Waals surface area contributed by atoms with E-state index >= 15 is 0 Å². The second-order valence-corrected chi connectivity index (χ2v) is 6.35. The molecule has 122 valence electrons. The molecule has 1 N–H and O–H groups in total. The summed E-state index contributed by atoms with van der Waals surface area (Å²) in [5.41, 5.74) is 4.54. The Hall–Kier alpha value is -2.82. The summed E-state index contributed by atoms with van der Waals surface area (Å²) in [4.78, 5) is 22.2. The lowest BCUT2D eigenvalue weighted by Gasteiger charge is -2.33. The van der Waals surface area contributed by atoms with Gasteiger partial charge in [0.25, 0.3) is 5.91 Å². The summed E-state index contributed by atoms with van der Waals surface area (Å²) in [5, 5.41) is 0. The number of aromatic nitrogens is 2. The van der Waals surface area contributed by atoms with E-state index in [1.807, 2.05) is 41.3 Å². The Morgan fingerprint density at radius 2 is 2.17 bits per heavy atom. The van der Waals surface area contributed by atoms with Crippen molar-refractivity contribution in [3.8, 4) is 5.75 Å². The number of anilines is 1. The second kappa shape index (κ2) is 5.67. The molecule has 0 aliphatic carbocycles. The number of carbonyl (C=O) groups is 1. The number of H-pyrrole nitrogens is 1. The minimum Gasteiger partial charge on any atom is -0.497 e. The van der Waals surface area contributed by atoms with Crippen LogP contribution in [0.3, 0.4) is 0 Å². The normalized spacial score (nSPS) is 16.9. The summed E-state index contributed by atoms with van der Waals surface area (Å²) in [6.07, 6.45) is 2.60. The van der Waals surface area contributed by atoms with Gasteiger partial charge in [-0.25, -0.2) is 4.98 Å². The number of nitrogens with zero attached hydrogens (tertiary/aromatic N) is 2. The average Bonchev–Trinajstić information content (AvgIpc) is 3.07. The number of methoxy groups -OCH3 is 1. The van der Waals surface area contributed by atoms with Crippen molar-refractivity contribution < 1.29 is 9.53 Å². The number of imidazole rings is 1. The van der Waals surface area contributed by atoms with Crippen LogP contribution in [-0.4, -0.2) is 29.5 Å². The van der Waals surface area contributed by atoms with Crippen LogP contribution in [0.2, 0.25) is 0 Å². The highest BCUT2D eigenvalue weighted by Gasteiger charge is 2.27. The van der Waals surface area contributed by atoms with Gasteiger partial charge in [0.1, 0.15) is 5.75 Å². The first-order valence-corrected chi connectivity index (χ1v) is 8.07. The Balaban J connectivity index is 1.74. The van der Waals surface area contributed by atoms with E-state index in [0.717, 1.165) is 41.0 Å². The predicted molar refractivity (Wildman–Crippen MR) is 93.6 cm³/mol. The molecular weight excluding hydrogens is 302 g/mol. The summed E-state index contributed by atoms with van der Waals surface area (Å²) in [7, 11) is 1.66. The lowest BCUT2D eigenvalue weighted by molar-refractivity contribution is 0.0981. The number of fused-ring (bicyclic) bond motifs is 2. The molecule has 1 amide bonds. The number of aromatic amines is 1. The van der Waals surface area contributed by atoms with E-state index < -0.39 is 0 Å². The van der Waals surface area contributed by atoms with E-state index in [1.54, 1.807) is 13.4 Å². The van der Waals surface area contributed by atoms with Gasteiger partial charge in [-0.1, -0.05) is 6.92 Å². The van der Waals surface area contributed by atoms with Gasteiger partial charge in [0.2, 0.25) is 0 Å². The Morgan fingerprint density at radius 3 is 3.00 bits per heavy atom. The molecule has 1 aliphatic rings. The van der Waals surface area contributed by atoms with Gasteiger partial charge in [-0.3, -0.25) is 4.79 Å². The minimum absolute atomic E-state index is 0.0180. The lowest BCUT2D eigenvalue weighted by Crippen LogP contribution is -2.39. The number of amides is 1. The maximum absolute atomic E-state index is 13.1. The molecule has 0 bridgehead atoms. The van der Waals surface area contributed by atoms with E-state index in [-0.39, 0.29) is 5.91 Å². The van der Waals surface area contributed by atoms with E-state index in [1.165, 1.54) is 0 Å². The molecule has 1 aromatic heterocycles. The molecule has 24 heavy (non-hydrogen) atoms. The predicted octanol–water partition coefficient (Wildman–Crippen LogP) is 3.41. The van der Waals surface area contributed by atoms with Crippen LogP contribution in [-0.2, 0) is 6.42 Å². The van der Waals surface area contributed by atoms with Crippen molar-refractivity contribution in [1.29, 1.82) is 0 Å². The van der Waals surface area contributed by atoms with E-state index in [2.05, 4.69) is 16.9 Å². The standard InChI is InChI=1S/C19H19N3O2/c1-12-7-14-8-15(24-2)4-6-18(14)22(10-12)19(23)13-3-5-16-17(9-13)21-11-20-16/h3-6,8-9,11-12H,7,10H2,1-2H3,(H,20,21). The molecule has 2 heterocycles. The van der Waals surface area contributed by atoms with Gasteiger partial charge in [-0.15, -0.1) is 0 Å². The molecule has 1 unspecified atom stereocenters. The average molecular weight is 321 g/mol. The molecule has 3 aromatic rings. The quantitative estimate of drug-likeness (QED) is 0.787. The van der Waals surface area contributed by atoms with Gasteiger partial charge in [0, 0.05) is 17.8 Å². The van der Waals surface area contributed by atoms with Gasteiger partial charge >= 0.3 is 0 Å². The smallest absolute Gasteiger partial charge is 0.258 e. The number of hydrogen-bond acceptors (Lipinski definition) is 3. The third kappa shape index (κ3) is 2.42. The molecule has 4 rings (SSSR count). The molecule has 0 fully saturated rings. The molecule has 1 aliphatic heterocycles. The van der Waals surface area contributed by atoms with Crippen LogP contribution >= 0.6 is 0 Å². The zero-order valence-corrected chi connectivity index (χ0v) is 13.7. The Morgan fingerprint density at radius 1 is 1.29 bits per heavy atom. The van der Waals surface area contributed by atoms with Gasteiger partial charge < -0.3 is 14.6 Å². The third-order valence-electron chi connectivity index (χ3n) is 4.55. The van der Waals surface area contributed by atoms with Crippen molar-refractivity contribution in [3.63, 3.8) is 0 Å². The minimum atomic E-state index is 0.0180. The van der Waals surface area contributed by atoms with Crippen LogP contribution in [0.4, 0.5) is 5.69 Å². The van der Waals surface area contributed by atoms with Crippen LogP contribution in [0.15, 0.2) is 42.7 Å². The molecule has 5 heteroatoms. The highest BCUT2D eigenvalue weighted by Crippen LogP contribution is 2.33. The monoisotopic (exact) mass is 321 g/mol.